The fourth-order valence-corrected chi connectivity index (χ4v) is 2.68. The summed E-state index contributed by atoms with van der Waals surface area (Å²) in [6.07, 6.45) is 2.56. The predicted molar refractivity (Wildman–Crippen MR) is 69.8 cm³/mol. The standard InChI is InChI=1S/C15H23N/c1-4-8-16-11-15(10-13(15)3)14-7-5-6-12(2)9-14/h5-7,9,13,16H,4,8,10-11H2,1-3H3. The van der Waals surface area contributed by atoms with E-state index in [4.69, 9.17) is 0 Å². The molecule has 1 aliphatic carbocycles. The van der Waals surface area contributed by atoms with E-state index in [2.05, 4.69) is 50.4 Å². The predicted octanol–water partition coefficient (Wildman–Crippen LogP) is 3.27. The highest BCUT2D eigenvalue weighted by atomic mass is 14.9. The summed E-state index contributed by atoms with van der Waals surface area (Å²) in [7, 11) is 0. The Balaban J connectivity index is 2.10. The second-order valence-electron chi connectivity index (χ2n) is 5.31. The van der Waals surface area contributed by atoms with Crippen molar-refractivity contribution in [2.75, 3.05) is 13.1 Å². The van der Waals surface area contributed by atoms with Crippen LogP contribution in [0.3, 0.4) is 0 Å². The molecule has 0 bridgehead atoms. The topological polar surface area (TPSA) is 12.0 Å². The second kappa shape index (κ2) is 4.58. The Morgan fingerprint density at radius 2 is 2.19 bits per heavy atom. The molecule has 1 aliphatic rings. The smallest absolute Gasteiger partial charge is 0.0107 e. The van der Waals surface area contributed by atoms with E-state index in [1.54, 1.807) is 0 Å². The van der Waals surface area contributed by atoms with Crippen molar-refractivity contribution in [3.05, 3.63) is 35.4 Å². The quantitative estimate of drug-likeness (QED) is 0.746. The average Bonchev–Trinajstić information content (AvgIpc) is 2.91. The molecule has 0 aromatic heterocycles. The number of hydrogen-bond acceptors (Lipinski definition) is 1. The van der Waals surface area contributed by atoms with Gasteiger partial charge in [-0.3, -0.25) is 0 Å². The van der Waals surface area contributed by atoms with E-state index < -0.39 is 0 Å². The van der Waals surface area contributed by atoms with E-state index in [1.807, 2.05) is 0 Å². The van der Waals surface area contributed by atoms with Crippen molar-refractivity contribution >= 4 is 0 Å². The van der Waals surface area contributed by atoms with E-state index >= 15 is 0 Å². The summed E-state index contributed by atoms with van der Waals surface area (Å²) in [6.45, 7) is 9.06. The van der Waals surface area contributed by atoms with Crippen LogP contribution in [-0.2, 0) is 5.41 Å². The van der Waals surface area contributed by atoms with Crippen molar-refractivity contribution in [2.24, 2.45) is 5.92 Å². The van der Waals surface area contributed by atoms with Crippen molar-refractivity contribution in [3.8, 4) is 0 Å². The zero-order valence-electron chi connectivity index (χ0n) is 10.7. The van der Waals surface area contributed by atoms with Crippen LogP contribution in [0.25, 0.3) is 0 Å². The molecule has 0 amide bonds. The maximum Gasteiger partial charge on any atom is 0.0107 e. The number of benzene rings is 1. The molecular formula is C15H23N. The maximum atomic E-state index is 3.59. The summed E-state index contributed by atoms with van der Waals surface area (Å²) in [5.74, 6) is 0.832. The summed E-state index contributed by atoms with van der Waals surface area (Å²) >= 11 is 0. The molecule has 2 atom stereocenters. The van der Waals surface area contributed by atoms with Gasteiger partial charge in [-0.25, -0.2) is 0 Å². The molecular weight excluding hydrogens is 194 g/mol. The first kappa shape index (κ1) is 11.7. The van der Waals surface area contributed by atoms with Crippen molar-refractivity contribution in [1.82, 2.24) is 5.32 Å². The fraction of sp³-hybridized carbons (Fsp3) is 0.600. The van der Waals surface area contributed by atoms with Crippen LogP contribution in [0.4, 0.5) is 0 Å². The van der Waals surface area contributed by atoms with Gasteiger partial charge >= 0.3 is 0 Å². The molecule has 0 saturated heterocycles. The Morgan fingerprint density at radius 3 is 2.75 bits per heavy atom. The molecule has 1 aromatic carbocycles. The third-order valence-electron chi connectivity index (χ3n) is 3.91. The molecule has 0 aliphatic heterocycles. The van der Waals surface area contributed by atoms with Crippen LogP contribution >= 0.6 is 0 Å². The van der Waals surface area contributed by atoms with Gasteiger partial charge in [-0.05, 0) is 37.8 Å². The first-order valence-corrected chi connectivity index (χ1v) is 6.47. The lowest BCUT2D eigenvalue weighted by atomic mass is 9.92. The van der Waals surface area contributed by atoms with Crippen molar-refractivity contribution in [2.45, 2.75) is 39.0 Å². The Kier molecular flexibility index (Phi) is 3.34. The Morgan fingerprint density at radius 1 is 1.44 bits per heavy atom. The van der Waals surface area contributed by atoms with E-state index in [-0.39, 0.29) is 0 Å². The lowest BCUT2D eigenvalue weighted by Crippen LogP contribution is -2.28. The Labute approximate surface area is 99.3 Å². The van der Waals surface area contributed by atoms with Crippen molar-refractivity contribution in [3.63, 3.8) is 0 Å². The molecule has 2 rings (SSSR count). The lowest BCUT2D eigenvalue weighted by Gasteiger charge is -2.18. The van der Waals surface area contributed by atoms with Gasteiger partial charge in [-0.2, -0.15) is 0 Å². The van der Waals surface area contributed by atoms with Crippen LogP contribution in [0.5, 0.6) is 0 Å². The number of aryl methyl sites for hydroxylation is 1. The molecule has 0 spiro atoms. The molecule has 0 heterocycles. The minimum Gasteiger partial charge on any atom is -0.316 e. The molecule has 1 saturated carbocycles. The van der Waals surface area contributed by atoms with Gasteiger partial charge in [0.15, 0.2) is 0 Å². The van der Waals surface area contributed by atoms with Crippen molar-refractivity contribution < 1.29 is 0 Å². The molecule has 1 N–H and O–H groups in total. The molecule has 88 valence electrons. The summed E-state index contributed by atoms with van der Waals surface area (Å²) in [4.78, 5) is 0. The minimum absolute atomic E-state index is 0.432. The van der Waals surface area contributed by atoms with Crippen LogP contribution in [0.2, 0.25) is 0 Å². The monoisotopic (exact) mass is 217 g/mol. The van der Waals surface area contributed by atoms with Crippen LogP contribution in [-0.4, -0.2) is 13.1 Å². The Bertz CT molecular complexity index is 358. The molecule has 1 heteroatoms. The molecule has 1 aromatic rings. The fourth-order valence-electron chi connectivity index (χ4n) is 2.68. The summed E-state index contributed by atoms with van der Waals surface area (Å²) < 4.78 is 0. The summed E-state index contributed by atoms with van der Waals surface area (Å²) in [5.41, 5.74) is 3.34. The molecule has 16 heavy (non-hydrogen) atoms. The average molecular weight is 217 g/mol. The van der Waals surface area contributed by atoms with E-state index in [1.165, 1.54) is 24.0 Å². The van der Waals surface area contributed by atoms with Gasteiger partial charge in [-0.1, -0.05) is 43.7 Å². The van der Waals surface area contributed by atoms with Gasteiger partial charge in [-0.15, -0.1) is 0 Å². The molecule has 1 fully saturated rings. The maximum absolute atomic E-state index is 3.59. The van der Waals surface area contributed by atoms with E-state index in [0.717, 1.165) is 19.0 Å². The molecule has 0 radical (unpaired) electrons. The highest BCUT2D eigenvalue weighted by Gasteiger charge is 2.51. The van der Waals surface area contributed by atoms with Gasteiger partial charge in [0, 0.05) is 12.0 Å². The third kappa shape index (κ3) is 2.15. The molecule has 1 nitrogen and oxygen atoms in total. The van der Waals surface area contributed by atoms with Crippen LogP contribution < -0.4 is 5.32 Å². The number of nitrogens with one attached hydrogen (secondary N) is 1. The van der Waals surface area contributed by atoms with Crippen LogP contribution in [0.1, 0.15) is 37.8 Å². The van der Waals surface area contributed by atoms with Gasteiger partial charge in [0.05, 0.1) is 0 Å². The van der Waals surface area contributed by atoms with Crippen LogP contribution in [0.15, 0.2) is 24.3 Å². The SMILES string of the molecule is CCCNCC1(c2cccc(C)c2)CC1C. The van der Waals surface area contributed by atoms with Crippen LogP contribution in [0, 0.1) is 12.8 Å². The normalized spacial score (nSPS) is 28.1. The molecule has 2 unspecified atom stereocenters. The van der Waals surface area contributed by atoms with Crippen molar-refractivity contribution in [1.29, 1.82) is 0 Å². The zero-order valence-corrected chi connectivity index (χ0v) is 10.7. The summed E-state index contributed by atoms with van der Waals surface area (Å²) in [5, 5.41) is 3.59. The zero-order chi connectivity index (χ0) is 11.6. The second-order valence-corrected chi connectivity index (χ2v) is 5.31. The van der Waals surface area contributed by atoms with Gasteiger partial charge in [0.25, 0.3) is 0 Å². The van der Waals surface area contributed by atoms with Gasteiger partial charge in [0.2, 0.25) is 0 Å². The minimum atomic E-state index is 0.432. The highest BCUT2D eigenvalue weighted by Crippen LogP contribution is 2.53. The number of rotatable bonds is 5. The van der Waals surface area contributed by atoms with Gasteiger partial charge < -0.3 is 5.32 Å². The first-order chi connectivity index (χ1) is 7.69. The summed E-state index contributed by atoms with van der Waals surface area (Å²) in [6, 6.07) is 9.03. The highest BCUT2D eigenvalue weighted by molar-refractivity contribution is 5.36. The Hall–Kier alpha value is -0.820. The lowest BCUT2D eigenvalue weighted by molar-refractivity contribution is 0.541. The first-order valence-electron chi connectivity index (χ1n) is 6.47. The number of hydrogen-bond donors (Lipinski definition) is 1. The van der Waals surface area contributed by atoms with Gasteiger partial charge in [0.1, 0.15) is 0 Å². The van der Waals surface area contributed by atoms with E-state index in [9.17, 15) is 0 Å². The largest absolute Gasteiger partial charge is 0.316 e. The van der Waals surface area contributed by atoms with E-state index in [0.29, 0.717) is 5.41 Å². The third-order valence-corrected chi connectivity index (χ3v) is 3.91.